The van der Waals surface area contributed by atoms with Gasteiger partial charge in [0.05, 0.1) is 0 Å². The highest BCUT2D eigenvalue weighted by Gasteiger charge is 2.36. The minimum atomic E-state index is -0.168. The second-order valence-corrected chi connectivity index (χ2v) is 12.5. The topological polar surface area (TPSA) is 29.0 Å². The average molecular weight is 596 g/mol. The van der Waals surface area contributed by atoms with E-state index in [2.05, 4.69) is 152 Å². The van der Waals surface area contributed by atoms with E-state index in [-0.39, 0.29) is 5.41 Å². The van der Waals surface area contributed by atoms with Crippen molar-refractivity contribution in [1.29, 1.82) is 0 Å². The SMILES string of the molecule is Cc1cc(C)nc(N(c2ccc(C=Cc3ccccc3)cc2)c2ccc3c(c2)C(C)(C)c2cc(C=Cc4ccccc4)ccc2-3)n1. The predicted octanol–water partition coefficient (Wildman–Crippen LogP) is 11.2. The molecule has 0 N–H and O–H groups in total. The highest BCUT2D eigenvalue weighted by molar-refractivity contribution is 5.86. The fourth-order valence-electron chi connectivity index (χ4n) is 6.42. The van der Waals surface area contributed by atoms with Gasteiger partial charge in [-0.1, -0.05) is 135 Å². The van der Waals surface area contributed by atoms with E-state index in [0.717, 1.165) is 28.3 Å². The van der Waals surface area contributed by atoms with Gasteiger partial charge in [-0.3, -0.25) is 4.90 Å². The molecular formula is C43H37N3. The van der Waals surface area contributed by atoms with Gasteiger partial charge in [-0.25, -0.2) is 9.97 Å². The van der Waals surface area contributed by atoms with E-state index in [1.165, 1.54) is 38.9 Å². The third-order valence-corrected chi connectivity index (χ3v) is 8.80. The molecule has 1 aliphatic carbocycles. The Labute approximate surface area is 272 Å². The van der Waals surface area contributed by atoms with Gasteiger partial charge in [0.15, 0.2) is 0 Å². The molecule has 0 unspecified atom stereocenters. The maximum Gasteiger partial charge on any atom is 0.235 e. The number of anilines is 3. The Morgan fingerprint density at radius 2 is 0.935 bits per heavy atom. The van der Waals surface area contributed by atoms with Crippen molar-refractivity contribution < 1.29 is 0 Å². The van der Waals surface area contributed by atoms with Gasteiger partial charge in [0.1, 0.15) is 0 Å². The molecule has 1 heterocycles. The molecule has 5 aromatic carbocycles. The van der Waals surface area contributed by atoms with E-state index in [4.69, 9.17) is 9.97 Å². The Balaban J connectivity index is 1.26. The Bertz CT molecular complexity index is 2050. The second-order valence-electron chi connectivity index (χ2n) is 12.5. The number of nitrogens with zero attached hydrogens (tertiary/aromatic N) is 3. The zero-order chi connectivity index (χ0) is 31.7. The van der Waals surface area contributed by atoms with Crippen molar-refractivity contribution in [3.63, 3.8) is 0 Å². The Morgan fingerprint density at radius 3 is 1.52 bits per heavy atom. The lowest BCUT2D eigenvalue weighted by Crippen LogP contribution is -2.18. The first kappa shape index (κ1) is 29.2. The van der Waals surface area contributed by atoms with E-state index >= 15 is 0 Å². The first-order chi connectivity index (χ1) is 22.3. The molecule has 7 rings (SSSR count). The molecule has 0 radical (unpaired) electrons. The first-order valence-corrected chi connectivity index (χ1v) is 15.8. The number of rotatable bonds is 7. The average Bonchev–Trinajstić information content (AvgIpc) is 3.29. The minimum absolute atomic E-state index is 0.168. The summed E-state index contributed by atoms with van der Waals surface area (Å²) in [6.07, 6.45) is 8.68. The molecule has 224 valence electrons. The molecule has 46 heavy (non-hydrogen) atoms. The lowest BCUT2D eigenvalue weighted by atomic mass is 9.81. The van der Waals surface area contributed by atoms with Crippen LogP contribution in [-0.2, 0) is 5.41 Å². The largest absolute Gasteiger partial charge is 0.279 e. The van der Waals surface area contributed by atoms with Gasteiger partial charge < -0.3 is 0 Å². The summed E-state index contributed by atoms with van der Waals surface area (Å²) in [7, 11) is 0. The molecule has 0 atom stereocenters. The summed E-state index contributed by atoms with van der Waals surface area (Å²) in [4.78, 5) is 12.0. The molecular weight excluding hydrogens is 558 g/mol. The van der Waals surface area contributed by atoms with Gasteiger partial charge in [0.2, 0.25) is 5.95 Å². The Hall–Kier alpha value is -5.54. The second kappa shape index (κ2) is 12.1. The van der Waals surface area contributed by atoms with E-state index in [0.29, 0.717) is 5.95 Å². The van der Waals surface area contributed by atoms with Crippen LogP contribution in [0.2, 0.25) is 0 Å². The highest BCUT2D eigenvalue weighted by Crippen LogP contribution is 2.50. The molecule has 0 amide bonds. The van der Waals surface area contributed by atoms with Gasteiger partial charge in [-0.15, -0.1) is 0 Å². The van der Waals surface area contributed by atoms with Gasteiger partial charge in [0, 0.05) is 28.2 Å². The van der Waals surface area contributed by atoms with Crippen LogP contribution in [0.1, 0.15) is 58.6 Å². The summed E-state index contributed by atoms with van der Waals surface area (Å²) in [6, 6.07) is 45.1. The fourth-order valence-corrected chi connectivity index (χ4v) is 6.42. The quantitative estimate of drug-likeness (QED) is 0.172. The summed E-state index contributed by atoms with van der Waals surface area (Å²) < 4.78 is 0. The summed E-state index contributed by atoms with van der Waals surface area (Å²) in [5, 5.41) is 0. The van der Waals surface area contributed by atoms with Gasteiger partial charge in [0.25, 0.3) is 0 Å². The molecule has 0 saturated heterocycles. The van der Waals surface area contributed by atoms with E-state index in [1.807, 2.05) is 32.0 Å². The van der Waals surface area contributed by atoms with Crippen LogP contribution in [0.3, 0.4) is 0 Å². The van der Waals surface area contributed by atoms with E-state index in [9.17, 15) is 0 Å². The normalized spacial score (nSPS) is 13.2. The highest BCUT2D eigenvalue weighted by atomic mass is 15.3. The zero-order valence-corrected chi connectivity index (χ0v) is 26.8. The van der Waals surface area contributed by atoms with Crippen molar-refractivity contribution in [2.75, 3.05) is 4.90 Å². The monoisotopic (exact) mass is 595 g/mol. The molecule has 0 spiro atoms. The Kier molecular flexibility index (Phi) is 7.68. The van der Waals surface area contributed by atoms with Gasteiger partial charge in [-0.05, 0) is 88.7 Å². The fraction of sp³-hybridized carbons (Fsp3) is 0.116. The van der Waals surface area contributed by atoms with Gasteiger partial charge in [-0.2, -0.15) is 0 Å². The molecule has 3 heteroatoms. The van der Waals surface area contributed by atoms with E-state index < -0.39 is 0 Å². The maximum absolute atomic E-state index is 4.91. The van der Waals surface area contributed by atoms with Crippen LogP contribution in [0.5, 0.6) is 0 Å². The number of aryl methyl sites for hydroxylation is 2. The maximum atomic E-state index is 4.91. The predicted molar refractivity (Wildman–Crippen MR) is 194 cm³/mol. The Morgan fingerprint density at radius 1 is 0.478 bits per heavy atom. The van der Waals surface area contributed by atoms with Crippen LogP contribution < -0.4 is 4.90 Å². The minimum Gasteiger partial charge on any atom is -0.279 e. The van der Waals surface area contributed by atoms with Crippen LogP contribution in [0, 0.1) is 13.8 Å². The third kappa shape index (κ3) is 5.80. The smallest absolute Gasteiger partial charge is 0.235 e. The van der Waals surface area contributed by atoms with Crippen molar-refractivity contribution >= 4 is 41.6 Å². The summed E-state index contributed by atoms with van der Waals surface area (Å²) in [6.45, 7) is 8.72. The number of benzene rings is 5. The lowest BCUT2D eigenvalue weighted by molar-refractivity contribution is 0.660. The summed E-state index contributed by atoms with van der Waals surface area (Å²) in [5.41, 5.74) is 13.7. The standard InChI is InChI=1S/C43H37N3/c1-30-27-31(2)45-42(44-30)46(36-22-19-34(20-23-36)16-15-32-11-7-5-8-12-32)37-24-26-39-38-25-21-35(18-17-33-13-9-6-10-14-33)28-40(38)43(3,4)41(39)29-37/h5-29H,1-4H3. The van der Waals surface area contributed by atoms with Crippen LogP contribution in [0.4, 0.5) is 17.3 Å². The summed E-state index contributed by atoms with van der Waals surface area (Å²) >= 11 is 0. The molecule has 3 nitrogen and oxygen atoms in total. The van der Waals surface area contributed by atoms with Gasteiger partial charge >= 0.3 is 0 Å². The molecule has 1 aromatic heterocycles. The van der Waals surface area contributed by atoms with Crippen LogP contribution in [0.15, 0.2) is 127 Å². The molecule has 0 saturated carbocycles. The van der Waals surface area contributed by atoms with Crippen LogP contribution in [-0.4, -0.2) is 9.97 Å². The molecule has 0 fully saturated rings. The van der Waals surface area contributed by atoms with Crippen LogP contribution in [0.25, 0.3) is 35.4 Å². The molecule has 1 aliphatic rings. The number of hydrogen-bond donors (Lipinski definition) is 0. The molecule has 0 bridgehead atoms. The van der Waals surface area contributed by atoms with Crippen LogP contribution >= 0.6 is 0 Å². The molecule has 0 aliphatic heterocycles. The lowest BCUT2D eigenvalue weighted by Gasteiger charge is -2.27. The number of aromatic nitrogens is 2. The third-order valence-electron chi connectivity index (χ3n) is 8.80. The van der Waals surface area contributed by atoms with Crippen molar-refractivity contribution in [2.45, 2.75) is 33.1 Å². The van der Waals surface area contributed by atoms with Crippen molar-refractivity contribution in [1.82, 2.24) is 9.97 Å². The zero-order valence-electron chi connectivity index (χ0n) is 26.8. The molecule has 6 aromatic rings. The summed E-state index contributed by atoms with van der Waals surface area (Å²) in [5.74, 6) is 0.673. The van der Waals surface area contributed by atoms with Crippen molar-refractivity contribution in [3.8, 4) is 11.1 Å². The first-order valence-electron chi connectivity index (χ1n) is 15.8. The van der Waals surface area contributed by atoms with Crippen molar-refractivity contribution in [2.24, 2.45) is 0 Å². The van der Waals surface area contributed by atoms with Crippen molar-refractivity contribution in [3.05, 3.63) is 172 Å². The number of fused-ring (bicyclic) bond motifs is 3. The van der Waals surface area contributed by atoms with E-state index in [1.54, 1.807) is 0 Å². The number of hydrogen-bond acceptors (Lipinski definition) is 3.